The van der Waals surface area contributed by atoms with Crippen LogP contribution in [0.1, 0.15) is 57.8 Å². The normalized spacial score (nSPS) is 20.9. The van der Waals surface area contributed by atoms with Gasteiger partial charge >= 0.3 is 12.0 Å². The molecule has 0 saturated heterocycles. The van der Waals surface area contributed by atoms with Crippen LogP contribution in [0.5, 0.6) is 0 Å². The van der Waals surface area contributed by atoms with Crippen LogP contribution in [0, 0.1) is 5.92 Å². The van der Waals surface area contributed by atoms with Crippen molar-refractivity contribution in [2.45, 2.75) is 56.7 Å². The van der Waals surface area contributed by atoms with Crippen LogP contribution in [0.4, 0.5) is 13.6 Å². The van der Waals surface area contributed by atoms with Gasteiger partial charge in [-0.2, -0.15) is 0 Å². The van der Waals surface area contributed by atoms with Crippen LogP contribution in [0.3, 0.4) is 0 Å². The molecule has 3 amide bonds. The number of carboxylic acid groups (broad SMARTS) is 1. The van der Waals surface area contributed by atoms with Crippen molar-refractivity contribution in [1.29, 1.82) is 0 Å². The number of benzene rings is 3. The second kappa shape index (κ2) is 10.6. The van der Waals surface area contributed by atoms with E-state index >= 15 is 0 Å². The van der Waals surface area contributed by atoms with Gasteiger partial charge < -0.3 is 20.6 Å². The van der Waals surface area contributed by atoms with E-state index in [1.54, 1.807) is 23.1 Å². The predicted molar refractivity (Wildman–Crippen MR) is 149 cm³/mol. The molecule has 2 fully saturated rings. The van der Waals surface area contributed by atoms with Crippen molar-refractivity contribution < 1.29 is 28.3 Å². The van der Waals surface area contributed by atoms with E-state index in [0.717, 1.165) is 39.8 Å². The van der Waals surface area contributed by atoms with Crippen LogP contribution < -0.4 is 10.6 Å². The third kappa shape index (κ3) is 5.66. The number of nitrogens with zero attached hydrogens (tertiary/aromatic N) is 1. The Kier molecular flexibility index (Phi) is 6.97. The highest BCUT2D eigenvalue weighted by Gasteiger charge is 2.46. The molecule has 3 aromatic carbocycles. The van der Waals surface area contributed by atoms with E-state index in [1.807, 2.05) is 48.5 Å². The van der Waals surface area contributed by atoms with Gasteiger partial charge in [0.05, 0.1) is 5.56 Å². The average molecular weight is 560 g/mol. The number of urea groups is 1. The Hall–Kier alpha value is -4.27. The van der Waals surface area contributed by atoms with Gasteiger partial charge in [0.15, 0.2) is 0 Å². The van der Waals surface area contributed by atoms with E-state index in [1.165, 1.54) is 0 Å². The highest BCUT2D eigenvalue weighted by atomic mass is 19.3. The fraction of sp³-hybridized carbons (Fsp3) is 0.344. The first-order chi connectivity index (χ1) is 19.7. The maximum absolute atomic E-state index is 13.3. The number of alkyl halides is 2. The van der Waals surface area contributed by atoms with E-state index in [-0.39, 0.29) is 48.7 Å². The van der Waals surface area contributed by atoms with E-state index < -0.39 is 17.9 Å². The van der Waals surface area contributed by atoms with Crippen molar-refractivity contribution in [2.24, 2.45) is 5.92 Å². The van der Waals surface area contributed by atoms with Gasteiger partial charge in [0.1, 0.15) is 0 Å². The van der Waals surface area contributed by atoms with Crippen LogP contribution in [-0.4, -0.2) is 46.4 Å². The second-order valence-corrected chi connectivity index (χ2v) is 11.3. The molecule has 3 N–H and O–H groups in total. The summed E-state index contributed by atoms with van der Waals surface area (Å²) in [5.41, 5.74) is 5.73. The molecule has 0 radical (unpaired) electrons. The maximum Gasteiger partial charge on any atom is 0.335 e. The zero-order chi connectivity index (χ0) is 28.7. The van der Waals surface area contributed by atoms with E-state index in [2.05, 4.69) is 10.6 Å². The molecule has 2 saturated carbocycles. The third-order valence-electron chi connectivity index (χ3n) is 8.44. The van der Waals surface area contributed by atoms with Crippen LogP contribution in [-0.2, 0) is 24.3 Å². The highest BCUT2D eigenvalue weighted by molar-refractivity contribution is 5.90. The predicted octanol–water partition coefficient (Wildman–Crippen LogP) is 5.34. The molecule has 0 unspecified atom stereocenters. The molecule has 1 heterocycles. The van der Waals surface area contributed by atoms with Gasteiger partial charge in [-0.3, -0.25) is 4.79 Å². The number of rotatable bonds is 7. The summed E-state index contributed by atoms with van der Waals surface area (Å²) < 4.78 is 26.6. The molecule has 2 aliphatic carbocycles. The number of halogens is 2. The average Bonchev–Trinajstić information content (AvgIpc) is 3.76. The molecule has 0 spiro atoms. The Bertz CT molecular complexity index is 1500. The minimum absolute atomic E-state index is 0.0119. The summed E-state index contributed by atoms with van der Waals surface area (Å²) in [5, 5.41) is 15.3. The number of carboxylic acids is 1. The molecule has 212 valence electrons. The Morgan fingerprint density at radius 2 is 1.76 bits per heavy atom. The minimum atomic E-state index is -2.72. The molecule has 7 nitrogen and oxygen atoms in total. The fourth-order valence-electron chi connectivity index (χ4n) is 6.07. The molecule has 0 aromatic heterocycles. The molecule has 6 rings (SSSR count). The van der Waals surface area contributed by atoms with Crippen molar-refractivity contribution >= 4 is 17.9 Å². The fourth-order valence-corrected chi connectivity index (χ4v) is 6.07. The van der Waals surface area contributed by atoms with Gasteiger partial charge in [0, 0.05) is 44.4 Å². The van der Waals surface area contributed by atoms with Crippen molar-refractivity contribution in [1.82, 2.24) is 15.5 Å². The lowest BCUT2D eigenvalue weighted by molar-refractivity contribution is -0.122. The molecular weight excluding hydrogens is 528 g/mol. The Labute approximate surface area is 236 Å². The number of nitrogens with one attached hydrogen (secondary N) is 2. The zero-order valence-corrected chi connectivity index (χ0v) is 22.4. The topological polar surface area (TPSA) is 98.7 Å². The lowest BCUT2D eigenvalue weighted by Gasteiger charge is -2.38. The largest absolute Gasteiger partial charge is 0.478 e. The number of hydrogen-bond donors (Lipinski definition) is 3. The van der Waals surface area contributed by atoms with Crippen LogP contribution in [0.15, 0.2) is 66.7 Å². The summed E-state index contributed by atoms with van der Waals surface area (Å²) >= 11 is 0. The standard InChI is InChI=1S/C32H31F2N3O4/c33-32(34)15-23(16-32)36-31(41)37-12-11-25-24(20-7-4-8-21(13-20)30(39)40)10-9-22(28(25)18-37)17-35-29(38)27-14-26(27)19-5-2-1-3-6-19/h1-10,13,23,26-27H,11-12,14-18H2,(H,35,38)(H,36,41)(H,39,40)/t26-,27-/m1/s1. The summed E-state index contributed by atoms with van der Waals surface area (Å²) in [7, 11) is 0. The lowest BCUT2D eigenvalue weighted by Crippen LogP contribution is -2.54. The Morgan fingerprint density at radius 1 is 0.976 bits per heavy atom. The first-order valence-electron chi connectivity index (χ1n) is 13.9. The SMILES string of the molecule is O=C(O)c1cccc(-c2ccc(CNC(=O)[C@@H]3C[C@@H]3c3ccccc3)c3c2CCN(C(=O)NC2CC(F)(F)C2)C3)c1. The van der Waals surface area contributed by atoms with Gasteiger partial charge in [0.25, 0.3) is 5.92 Å². The molecule has 3 aromatic rings. The van der Waals surface area contributed by atoms with Gasteiger partial charge in [-0.05, 0) is 64.3 Å². The first-order valence-corrected chi connectivity index (χ1v) is 13.9. The van der Waals surface area contributed by atoms with E-state index in [9.17, 15) is 28.3 Å². The molecule has 3 aliphatic rings. The van der Waals surface area contributed by atoms with E-state index in [4.69, 9.17) is 0 Å². The summed E-state index contributed by atoms with van der Waals surface area (Å²) in [6.45, 7) is 0.946. The van der Waals surface area contributed by atoms with Crippen LogP contribution in [0.2, 0.25) is 0 Å². The Balaban J connectivity index is 1.22. The second-order valence-electron chi connectivity index (χ2n) is 11.3. The van der Waals surface area contributed by atoms with Crippen molar-refractivity contribution in [2.75, 3.05) is 6.54 Å². The van der Waals surface area contributed by atoms with Crippen LogP contribution in [0.25, 0.3) is 11.1 Å². The van der Waals surface area contributed by atoms with Crippen molar-refractivity contribution in [3.05, 3.63) is 94.5 Å². The third-order valence-corrected chi connectivity index (χ3v) is 8.44. The zero-order valence-electron chi connectivity index (χ0n) is 22.4. The number of carbonyl (C=O) groups excluding carboxylic acids is 2. The summed E-state index contributed by atoms with van der Waals surface area (Å²) in [6.07, 6.45) is 0.614. The summed E-state index contributed by atoms with van der Waals surface area (Å²) in [6, 6.07) is 19.6. The quantitative estimate of drug-likeness (QED) is 0.364. The molecule has 41 heavy (non-hydrogen) atoms. The molecule has 0 bridgehead atoms. The number of aromatic carboxylic acids is 1. The molecule has 9 heteroatoms. The maximum atomic E-state index is 13.3. The number of hydrogen-bond acceptors (Lipinski definition) is 3. The van der Waals surface area contributed by atoms with E-state index in [0.29, 0.717) is 19.5 Å². The number of carbonyl (C=O) groups is 3. The molecule has 1 aliphatic heterocycles. The molecular formula is C32H31F2N3O4. The lowest BCUT2D eigenvalue weighted by atomic mass is 9.87. The van der Waals surface area contributed by atoms with Crippen molar-refractivity contribution in [3.63, 3.8) is 0 Å². The highest BCUT2D eigenvalue weighted by Crippen LogP contribution is 2.47. The van der Waals surface area contributed by atoms with Gasteiger partial charge in [0.2, 0.25) is 5.91 Å². The number of fused-ring (bicyclic) bond motifs is 1. The van der Waals surface area contributed by atoms with Gasteiger partial charge in [-0.15, -0.1) is 0 Å². The van der Waals surface area contributed by atoms with Gasteiger partial charge in [-0.1, -0.05) is 54.6 Å². The first kappa shape index (κ1) is 26.9. The van der Waals surface area contributed by atoms with Crippen LogP contribution >= 0.6 is 0 Å². The Morgan fingerprint density at radius 3 is 2.49 bits per heavy atom. The minimum Gasteiger partial charge on any atom is -0.478 e. The van der Waals surface area contributed by atoms with Gasteiger partial charge in [-0.25, -0.2) is 18.4 Å². The monoisotopic (exact) mass is 559 g/mol. The summed E-state index contributed by atoms with van der Waals surface area (Å²) in [5.74, 6) is -3.61. The smallest absolute Gasteiger partial charge is 0.335 e. The van der Waals surface area contributed by atoms with Crippen molar-refractivity contribution in [3.8, 4) is 11.1 Å². The molecule has 2 atom stereocenters. The summed E-state index contributed by atoms with van der Waals surface area (Å²) in [4.78, 5) is 39.2. The number of amides is 3.